The number of anilines is 2. The summed E-state index contributed by atoms with van der Waals surface area (Å²) in [7, 11) is 0. The molecule has 8 heteroatoms. The zero-order valence-electron chi connectivity index (χ0n) is 14.6. The molecule has 138 valence electrons. The van der Waals surface area contributed by atoms with E-state index in [1.54, 1.807) is 19.1 Å². The van der Waals surface area contributed by atoms with Crippen LogP contribution in [0.3, 0.4) is 0 Å². The average Bonchev–Trinajstić information content (AvgIpc) is 3.00. The van der Waals surface area contributed by atoms with E-state index in [0.717, 1.165) is 6.07 Å². The fraction of sp³-hybridized carbons (Fsp3) is 0.105. The highest BCUT2D eigenvalue weighted by Gasteiger charge is 2.16. The van der Waals surface area contributed by atoms with E-state index >= 15 is 0 Å². The molecule has 0 aliphatic carbocycles. The van der Waals surface area contributed by atoms with Crippen LogP contribution in [-0.2, 0) is 4.79 Å². The molecule has 1 aromatic heterocycles. The summed E-state index contributed by atoms with van der Waals surface area (Å²) in [5, 5.41) is 9.17. The van der Waals surface area contributed by atoms with Crippen molar-refractivity contribution in [2.75, 3.05) is 10.6 Å². The summed E-state index contributed by atoms with van der Waals surface area (Å²) < 4.78 is 28.3. The topological polar surface area (TPSA) is 76.0 Å². The second kappa shape index (κ2) is 7.36. The van der Waals surface area contributed by atoms with E-state index in [-0.39, 0.29) is 11.5 Å². The van der Waals surface area contributed by atoms with Crippen LogP contribution in [0.4, 0.5) is 20.2 Å². The molecule has 0 fully saturated rings. The van der Waals surface area contributed by atoms with Gasteiger partial charge in [-0.05, 0) is 49.4 Å². The molecule has 1 heterocycles. The highest BCUT2D eigenvalue weighted by Crippen LogP contribution is 2.21. The van der Waals surface area contributed by atoms with Crippen molar-refractivity contribution in [3.8, 4) is 5.69 Å². The van der Waals surface area contributed by atoms with E-state index in [2.05, 4.69) is 15.7 Å². The summed E-state index contributed by atoms with van der Waals surface area (Å²) in [6.07, 6.45) is 1.40. The molecule has 0 aliphatic rings. The van der Waals surface area contributed by atoms with Crippen LogP contribution in [0.25, 0.3) is 5.69 Å². The number of hydrogen-bond donors (Lipinski definition) is 2. The summed E-state index contributed by atoms with van der Waals surface area (Å²) in [6, 6.07) is 9.58. The Labute approximate surface area is 153 Å². The molecule has 0 atom stereocenters. The van der Waals surface area contributed by atoms with Crippen LogP contribution in [0.5, 0.6) is 0 Å². The van der Waals surface area contributed by atoms with Crippen molar-refractivity contribution in [1.29, 1.82) is 0 Å². The molecule has 0 aliphatic heterocycles. The number of hydrogen-bond acceptors (Lipinski definition) is 3. The SMILES string of the molecule is CC(=O)Nc1cc(NC(=O)c2cnn(-c3ccc(F)cc3)c2C)ccc1F. The second-order valence-electron chi connectivity index (χ2n) is 5.86. The Kier molecular flexibility index (Phi) is 4.98. The first-order chi connectivity index (χ1) is 12.8. The average molecular weight is 370 g/mol. The molecule has 0 saturated heterocycles. The molecule has 3 rings (SSSR count). The number of halogens is 2. The van der Waals surface area contributed by atoms with E-state index in [4.69, 9.17) is 0 Å². The quantitative estimate of drug-likeness (QED) is 0.736. The maximum absolute atomic E-state index is 13.7. The Morgan fingerprint density at radius 3 is 2.41 bits per heavy atom. The molecule has 6 nitrogen and oxygen atoms in total. The van der Waals surface area contributed by atoms with Gasteiger partial charge in [0.1, 0.15) is 11.6 Å². The van der Waals surface area contributed by atoms with Gasteiger partial charge in [-0.1, -0.05) is 0 Å². The van der Waals surface area contributed by atoms with Gasteiger partial charge in [0.2, 0.25) is 5.91 Å². The molecular formula is C19H16F2N4O2. The lowest BCUT2D eigenvalue weighted by molar-refractivity contribution is -0.114. The summed E-state index contributed by atoms with van der Waals surface area (Å²) in [4.78, 5) is 23.7. The Hall–Kier alpha value is -3.55. The van der Waals surface area contributed by atoms with Gasteiger partial charge in [0, 0.05) is 12.6 Å². The molecule has 2 aromatic carbocycles. The molecule has 0 saturated carbocycles. The van der Waals surface area contributed by atoms with E-state index in [1.807, 2.05) is 0 Å². The molecule has 0 radical (unpaired) electrons. The van der Waals surface area contributed by atoms with Crippen molar-refractivity contribution in [3.63, 3.8) is 0 Å². The van der Waals surface area contributed by atoms with Gasteiger partial charge in [0.05, 0.1) is 28.8 Å². The molecule has 2 amide bonds. The fourth-order valence-corrected chi connectivity index (χ4v) is 2.56. The fourth-order valence-electron chi connectivity index (χ4n) is 2.56. The zero-order valence-corrected chi connectivity index (χ0v) is 14.6. The molecule has 0 bridgehead atoms. The van der Waals surface area contributed by atoms with Gasteiger partial charge < -0.3 is 10.6 Å². The minimum Gasteiger partial charge on any atom is -0.324 e. The molecule has 0 spiro atoms. The van der Waals surface area contributed by atoms with Crippen molar-refractivity contribution >= 4 is 23.2 Å². The van der Waals surface area contributed by atoms with E-state index in [0.29, 0.717) is 22.6 Å². The van der Waals surface area contributed by atoms with Crippen LogP contribution in [0, 0.1) is 18.6 Å². The van der Waals surface area contributed by atoms with Gasteiger partial charge >= 0.3 is 0 Å². The second-order valence-corrected chi connectivity index (χ2v) is 5.86. The van der Waals surface area contributed by atoms with Gasteiger partial charge in [-0.2, -0.15) is 5.10 Å². The predicted octanol–water partition coefficient (Wildman–Crippen LogP) is 3.67. The Balaban J connectivity index is 1.83. The third-order valence-electron chi connectivity index (χ3n) is 3.86. The smallest absolute Gasteiger partial charge is 0.259 e. The van der Waals surface area contributed by atoms with Crippen LogP contribution in [-0.4, -0.2) is 21.6 Å². The Bertz CT molecular complexity index is 1010. The first-order valence-electron chi connectivity index (χ1n) is 8.04. The maximum Gasteiger partial charge on any atom is 0.259 e. The van der Waals surface area contributed by atoms with Crippen LogP contribution in [0.15, 0.2) is 48.7 Å². The van der Waals surface area contributed by atoms with Crippen molar-refractivity contribution < 1.29 is 18.4 Å². The monoisotopic (exact) mass is 370 g/mol. The lowest BCUT2D eigenvalue weighted by Crippen LogP contribution is -2.14. The van der Waals surface area contributed by atoms with Crippen LogP contribution < -0.4 is 10.6 Å². The third kappa shape index (κ3) is 4.00. The minimum absolute atomic E-state index is 0.0287. The number of nitrogens with zero attached hydrogens (tertiary/aromatic N) is 2. The van der Waals surface area contributed by atoms with Crippen molar-refractivity contribution in [2.24, 2.45) is 0 Å². The highest BCUT2D eigenvalue weighted by atomic mass is 19.1. The molecule has 3 aromatic rings. The van der Waals surface area contributed by atoms with Gasteiger partial charge in [0.25, 0.3) is 5.91 Å². The van der Waals surface area contributed by atoms with Gasteiger partial charge in [-0.25, -0.2) is 13.5 Å². The van der Waals surface area contributed by atoms with Gasteiger partial charge in [-0.15, -0.1) is 0 Å². The largest absolute Gasteiger partial charge is 0.324 e. The summed E-state index contributed by atoms with van der Waals surface area (Å²) in [6.45, 7) is 2.97. The Morgan fingerprint density at radius 2 is 1.74 bits per heavy atom. The third-order valence-corrected chi connectivity index (χ3v) is 3.86. The molecular weight excluding hydrogens is 354 g/mol. The minimum atomic E-state index is -0.608. The van der Waals surface area contributed by atoms with Gasteiger partial charge in [-0.3, -0.25) is 9.59 Å². The predicted molar refractivity (Wildman–Crippen MR) is 96.9 cm³/mol. The summed E-state index contributed by atoms with van der Waals surface area (Å²) in [5.74, 6) is -1.84. The van der Waals surface area contributed by atoms with Crippen molar-refractivity contribution in [2.45, 2.75) is 13.8 Å². The molecule has 0 unspecified atom stereocenters. The lowest BCUT2D eigenvalue weighted by atomic mass is 10.2. The molecule has 27 heavy (non-hydrogen) atoms. The van der Waals surface area contributed by atoms with Crippen molar-refractivity contribution in [3.05, 3.63) is 71.6 Å². The first-order valence-corrected chi connectivity index (χ1v) is 8.04. The van der Waals surface area contributed by atoms with E-state index < -0.39 is 17.6 Å². The highest BCUT2D eigenvalue weighted by molar-refractivity contribution is 6.05. The maximum atomic E-state index is 13.7. The summed E-state index contributed by atoms with van der Waals surface area (Å²) in [5.41, 5.74) is 1.77. The summed E-state index contributed by atoms with van der Waals surface area (Å²) >= 11 is 0. The number of aromatic nitrogens is 2. The number of amides is 2. The number of nitrogens with one attached hydrogen (secondary N) is 2. The van der Waals surface area contributed by atoms with Crippen molar-refractivity contribution in [1.82, 2.24) is 9.78 Å². The normalized spacial score (nSPS) is 10.5. The van der Waals surface area contributed by atoms with Crippen LogP contribution in [0.1, 0.15) is 23.0 Å². The van der Waals surface area contributed by atoms with E-state index in [1.165, 1.54) is 42.1 Å². The van der Waals surface area contributed by atoms with Crippen LogP contribution >= 0.6 is 0 Å². The zero-order chi connectivity index (χ0) is 19.6. The lowest BCUT2D eigenvalue weighted by Gasteiger charge is -2.09. The Morgan fingerprint density at radius 1 is 1.04 bits per heavy atom. The number of carbonyl (C=O) groups is 2. The molecule has 2 N–H and O–H groups in total. The number of rotatable bonds is 4. The number of carbonyl (C=O) groups excluding carboxylic acids is 2. The number of benzene rings is 2. The van der Waals surface area contributed by atoms with E-state index in [9.17, 15) is 18.4 Å². The van der Waals surface area contributed by atoms with Crippen LogP contribution in [0.2, 0.25) is 0 Å². The first kappa shape index (κ1) is 18.2. The standard InChI is InChI=1S/C19H16F2N4O2/c1-11-16(10-22-25(11)15-6-3-13(20)4-7-15)19(27)24-14-5-8-17(21)18(9-14)23-12(2)26/h3-10H,1-2H3,(H,23,26)(H,24,27). The van der Waals surface area contributed by atoms with Gasteiger partial charge in [0.15, 0.2) is 0 Å².